The zero-order chi connectivity index (χ0) is 9.03. The number of dihydropyridines is 1. The minimum absolute atomic E-state index is 0.242. The smallest absolute Gasteiger partial charge is 0.405 e. The number of aliphatic imine (C=N–C) groups is 1. The van der Waals surface area contributed by atoms with E-state index >= 15 is 0 Å². The van der Waals surface area contributed by atoms with Gasteiger partial charge in [0, 0.05) is 6.21 Å². The van der Waals surface area contributed by atoms with Gasteiger partial charge in [-0.15, -0.1) is 0 Å². The third kappa shape index (κ3) is 1.82. The number of allylic oxidation sites excluding steroid dienone is 1. The molecule has 0 aromatic heterocycles. The maximum atomic E-state index is 10.3. The van der Waals surface area contributed by atoms with E-state index in [-0.39, 0.29) is 13.2 Å². The highest BCUT2D eigenvalue weighted by Gasteiger charge is 2.28. The van der Waals surface area contributed by atoms with E-state index in [2.05, 4.69) is 10.3 Å². The third-order valence-corrected chi connectivity index (χ3v) is 1.62. The first-order chi connectivity index (χ1) is 5.68. The molecule has 0 saturated heterocycles. The first kappa shape index (κ1) is 8.73. The molecule has 0 spiro atoms. The molecule has 1 aliphatic rings. The molecule has 1 heterocycles. The van der Waals surface area contributed by atoms with Crippen LogP contribution in [0.15, 0.2) is 17.1 Å². The summed E-state index contributed by atoms with van der Waals surface area (Å²) in [4.78, 5) is 14.2. The molecule has 0 aliphatic carbocycles. The van der Waals surface area contributed by atoms with Crippen molar-refractivity contribution in [3.63, 3.8) is 0 Å². The van der Waals surface area contributed by atoms with Crippen LogP contribution in [-0.4, -0.2) is 41.2 Å². The highest BCUT2D eigenvalue weighted by Crippen LogP contribution is 2.09. The SMILES string of the molecule is O=C(O)NC1(CO)C=CC=NC1. The number of carbonyl (C=O) groups is 1. The van der Waals surface area contributed by atoms with Crippen LogP contribution in [0.4, 0.5) is 4.79 Å². The van der Waals surface area contributed by atoms with Gasteiger partial charge < -0.3 is 15.5 Å². The number of rotatable bonds is 2. The largest absolute Gasteiger partial charge is 0.465 e. The second-order valence-corrected chi connectivity index (χ2v) is 2.59. The molecule has 1 aliphatic heterocycles. The normalized spacial score (nSPS) is 27.1. The Morgan fingerprint density at radius 2 is 2.50 bits per heavy atom. The average Bonchev–Trinajstić information content (AvgIpc) is 2.05. The number of nitrogens with one attached hydrogen (secondary N) is 1. The van der Waals surface area contributed by atoms with Gasteiger partial charge >= 0.3 is 6.09 Å². The Morgan fingerprint density at radius 1 is 1.75 bits per heavy atom. The minimum Gasteiger partial charge on any atom is -0.465 e. The molecule has 0 fully saturated rings. The zero-order valence-electron chi connectivity index (χ0n) is 6.40. The molecule has 1 rings (SSSR count). The number of hydrogen-bond donors (Lipinski definition) is 3. The summed E-state index contributed by atoms with van der Waals surface area (Å²) in [7, 11) is 0. The summed E-state index contributed by atoms with van der Waals surface area (Å²) in [5, 5.41) is 19.6. The molecular weight excluding hydrogens is 160 g/mol. The lowest BCUT2D eigenvalue weighted by molar-refractivity contribution is 0.160. The minimum atomic E-state index is -1.16. The Hall–Kier alpha value is -1.36. The van der Waals surface area contributed by atoms with Crippen molar-refractivity contribution < 1.29 is 15.0 Å². The monoisotopic (exact) mass is 170 g/mol. The Bertz CT molecular complexity index is 237. The van der Waals surface area contributed by atoms with E-state index in [0.717, 1.165) is 0 Å². The molecule has 66 valence electrons. The molecule has 0 aromatic rings. The molecule has 0 bridgehead atoms. The summed E-state index contributed by atoms with van der Waals surface area (Å²) in [6.45, 7) is -0.0422. The third-order valence-electron chi connectivity index (χ3n) is 1.62. The van der Waals surface area contributed by atoms with Crippen LogP contribution in [0.2, 0.25) is 0 Å². The number of aliphatic hydroxyl groups excluding tert-OH is 1. The highest BCUT2D eigenvalue weighted by atomic mass is 16.4. The quantitative estimate of drug-likeness (QED) is 0.528. The fourth-order valence-electron chi connectivity index (χ4n) is 0.993. The van der Waals surface area contributed by atoms with Gasteiger partial charge in [-0.25, -0.2) is 4.79 Å². The van der Waals surface area contributed by atoms with E-state index < -0.39 is 11.6 Å². The van der Waals surface area contributed by atoms with Crippen molar-refractivity contribution in [1.82, 2.24) is 5.32 Å². The lowest BCUT2D eigenvalue weighted by Crippen LogP contribution is -2.52. The lowest BCUT2D eigenvalue weighted by atomic mass is 9.99. The number of hydrogen-bond acceptors (Lipinski definition) is 3. The Kier molecular flexibility index (Phi) is 2.44. The van der Waals surface area contributed by atoms with Crippen molar-refractivity contribution in [2.75, 3.05) is 13.2 Å². The van der Waals surface area contributed by atoms with Crippen LogP contribution in [0.3, 0.4) is 0 Å². The van der Waals surface area contributed by atoms with Crippen LogP contribution >= 0.6 is 0 Å². The van der Waals surface area contributed by atoms with Gasteiger partial charge in [-0.3, -0.25) is 4.99 Å². The molecule has 1 amide bonds. The van der Waals surface area contributed by atoms with Crippen molar-refractivity contribution in [1.29, 1.82) is 0 Å². The van der Waals surface area contributed by atoms with Crippen LogP contribution < -0.4 is 5.32 Å². The summed E-state index contributed by atoms with van der Waals surface area (Å²) < 4.78 is 0. The summed E-state index contributed by atoms with van der Waals surface area (Å²) in [5.41, 5.74) is -0.930. The van der Waals surface area contributed by atoms with E-state index in [1.54, 1.807) is 18.4 Å². The maximum Gasteiger partial charge on any atom is 0.405 e. The summed E-state index contributed by atoms with van der Waals surface area (Å²) in [5.74, 6) is 0. The number of nitrogens with zero attached hydrogens (tertiary/aromatic N) is 1. The van der Waals surface area contributed by atoms with Gasteiger partial charge in [0.25, 0.3) is 0 Å². The molecule has 12 heavy (non-hydrogen) atoms. The van der Waals surface area contributed by atoms with Crippen molar-refractivity contribution in [3.05, 3.63) is 12.2 Å². The molecule has 5 heteroatoms. The maximum absolute atomic E-state index is 10.3. The average molecular weight is 170 g/mol. The van der Waals surface area contributed by atoms with E-state index in [9.17, 15) is 4.79 Å². The van der Waals surface area contributed by atoms with Crippen molar-refractivity contribution in [2.24, 2.45) is 4.99 Å². The van der Waals surface area contributed by atoms with Crippen LogP contribution in [0.25, 0.3) is 0 Å². The van der Waals surface area contributed by atoms with E-state index in [4.69, 9.17) is 10.2 Å². The zero-order valence-corrected chi connectivity index (χ0v) is 6.40. The number of amides is 1. The van der Waals surface area contributed by atoms with Crippen molar-refractivity contribution >= 4 is 12.3 Å². The molecule has 1 unspecified atom stereocenters. The van der Waals surface area contributed by atoms with E-state index in [1.807, 2.05) is 0 Å². The number of aliphatic hydroxyl groups is 1. The second-order valence-electron chi connectivity index (χ2n) is 2.59. The topological polar surface area (TPSA) is 81.9 Å². The fourth-order valence-corrected chi connectivity index (χ4v) is 0.993. The predicted octanol–water partition coefficient (Wildman–Crippen LogP) is -0.374. The first-order valence-corrected chi connectivity index (χ1v) is 3.48. The molecule has 0 radical (unpaired) electrons. The molecule has 3 N–H and O–H groups in total. The standard InChI is InChI=1S/C7H10N2O3/c10-5-7(9-6(11)12)2-1-3-8-4-7/h1-3,9-10H,4-5H2,(H,11,12). The van der Waals surface area contributed by atoms with Gasteiger partial charge in [0.2, 0.25) is 0 Å². The van der Waals surface area contributed by atoms with Gasteiger partial charge in [0.15, 0.2) is 0 Å². The van der Waals surface area contributed by atoms with Gasteiger partial charge in [-0.2, -0.15) is 0 Å². The van der Waals surface area contributed by atoms with Gasteiger partial charge in [0.05, 0.1) is 13.2 Å². The van der Waals surface area contributed by atoms with Gasteiger partial charge in [0.1, 0.15) is 5.54 Å². The van der Waals surface area contributed by atoms with Gasteiger partial charge in [-0.05, 0) is 6.08 Å². The molecular formula is C7H10N2O3. The molecule has 1 atom stereocenters. The fraction of sp³-hybridized carbons (Fsp3) is 0.429. The lowest BCUT2D eigenvalue weighted by Gasteiger charge is -2.27. The van der Waals surface area contributed by atoms with E-state index in [0.29, 0.717) is 0 Å². The summed E-state index contributed by atoms with van der Waals surface area (Å²) in [6, 6.07) is 0. The van der Waals surface area contributed by atoms with E-state index in [1.165, 1.54) is 0 Å². The van der Waals surface area contributed by atoms with Gasteiger partial charge in [-0.1, -0.05) is 6.08 Å². The Labute approximate surface area is 69.4 Å². The van der Waals surface area contributed by atoms with Crippen LogP contribution in [0.1, 0.15) is 0 Å². The molecule has 0 aromatic carbocycles. The number of carboxylic acid groups (broad SMARTS) is 1. The van der Waals surface area contributed by atoms with Crippen LogP contribution in [-0.2, 0) is 0 Å². The summed E-state index contributed by atoms with van der Waals surface area (Å²) >= 11 is 0. The van der Waals surface area contributed by atoms with Crippen molar-refractivity contribution in [3.8, 4) is 0 Å². The van der Waals surface area contributed by atoms with Crippen LogP contribution in [0, 0.1) is 0 Å². The Morgan fingerprint density at radius 3 is 2.92 bits per heavy atom. The Balaban J connectivity index is 2.69. The second kappa shape index (κ2) is 3.36. The first-order valence-electron chi connectivity index (χ1n) is 3.48. The molecule has 0 saturated carbocycles. The predicted molar refractivity (Wildman–Crippen MR) is 43.5 cm³/mol. The summed E-state index contributed by atoms with van der Waals surface area (Å²) in [6.07, 6.45) is 3.60. The van der Waals surface area contributed by atoms with Crippen LogP contribution in [0.5, 0.6) is 0 Å². The van der Waals surface area contributed by atoms with Crippen molar-refractivity contribution in [2.45, 2.75) is 5.54 Å². The highest BCUT2D eigenvalue weighted by molar-refractivity contribution is 5.74. The molecule has 5 nitrogen and oxygen atoms in total.